The van der Waals surface area contributed by atoms with Gasteiger partial charge in [-0.1, -0.05) is 49.4 Å². The topological polar surface area (TPSA) is 59.4 Å². The van der Waals surface area contributed by atoms with E-state index < -0.39 is 0 Å². The first kappa shape index (κ1) is 21.1. The molecule has 162 valence electrons. The average molecular weight is 419 g/mol. The highest BCUT2D eigenvalue weighted by molar-refractivity contribution is 5.99. The number of methoxy groups -OCH3 is 1. The lowest BCUT2D eigenvalue weighted by molar-refractivity contribution is 0.0942. The number of benzene rings is 2. The number of rotatable bonds is 8. The molecule has 1 atom stereocenters. The van der Waals surface area contributed by atoms with E-state index in [1.807, 2.05) is 53.3 Å². The summed E-state index contributed by atoms with van der Waals surface area (Å²) in [6.07, 6.45) is 4.17. The fourth-order valence-corrected chi connectivity index (χ4v) is 4.27. The van der Waals surface area contributed by atoms with Crippen molar-refractivity contribution in [2.24, 2.45) is 0 Å². The summed E-state index contributed by atoms with van der Waals surface area (Å²) in [5.74, 6) is 0.658. The number of carbonyl (C=O) groups is 1. The maximum absolute atomic E-state index is 13.2. The van der Waals surface area contributed by atoms with Gasteiger partial charge in [0.05, 0.1) is 19.2 Å². The Morgan fingerprint density at radius 3 is 2.81 bits per heavy atom. The zero-order chi connectivity index (χ0) is 21.6. The molecule has 1 N–H and O–H groups in total. The molecular formula is C25H30N4O2. The molecule has 6 heteroatoms. The van der Waals surface area contributed by atoms with Crippen molar-refractivity contribution in [3.8, 4) is 17.0 Å². The van der Waals surface area contributed by atoms with E-state index in [1.54, 1.807) is 7.11 Å². The van der Waals surface area contributed by atoms with Gasteiger partial charge in [-0.25, -0.2) is 0 Å². The number of hydrogen-bond donors (Lipinski definition) is 1. The highest BCUT2D eigenvalue weighted by Gasteiger charge is 2.25. The van der Waals surface area contributed by atoms with Crippen molar-refractivity contribution in [3.63, 3.8) is 0 Å². The Morgan fingerprint density at radius 2 is 2.03 bits per heavy atom. The van der Waals surface area contributed by atoms with E-state index in [4.69, 9.17) is 9.84 Å². The van der Waals surface area contributed by atoms with Gasteiger partial charge in [0.2, 0.25) is 0 Å². The van der Waals surface area contributed by atoms with Gasteiger partial charge in [0.15, 0.2) is 0 Å². The molecule has 4 rings (SSSR count). The molecule has 0 saturated carbocycles. The molecule has 0 radical (unpaired) electrons. The van der Waals surface area contributed by atoms with Gasteiger partial charge in [0.25, 0.3) is 5.91 Å². The first-order chi connectivity index (χ1) is 15.2. The predicted molar refractivity (Wildman–Crippen MR) is 122 cm³/mol. The van der Waals surface area contributed by atoms with E-state index in [-0.39, 0.29) is 5.91 Å². The normalized spacial score (nSPS) is 16.4. The molecule has 2 heterocycles. The van der Waals surface area contributed by atoms with Gasteiger partial charge in [-0.2, -0.15) is 5.10 Å². The molecule has 1 aromatic heterocycles. The van der Waals surface area contributed by atoms with E-state index in [0.29, 0.717) is 30.4 Å². The van der Waals surface area contributed by atoms with Crippen LogP contribution in [-0.4, -0.2) is 53.4 Å². The number of ether oxygens (including phenoxy) is 1. The van der Waals surface area contributed by atoms with Crippen LogP contribution in [0, 0.1) is 0 Å². The fourth-order valence-electron chi connectivity index (χ4n) is 4.27. The lowest BCUT2D eigenvalue weighted by atomic mass is 10.1. The van der Waals surface area contributed by atoms with Crippen molar-refractivity contribution in [1.29, 1.82) is 0 Å². The van der Waals surface area contributed by atoms with Crippen molar-refractivity contribution < 1.29 is 9.53 Å². The number of aromatic nitrogens is 2. The minimum Gasteiger partial charge on any atom is -0.497 e. The van der Waals surface area contributed by atoms with E-state index in [0.717, 1.165) is 36.4 Å². The lowest BCUT2D eigenvalue weighted by Crippen LogP contribution is -2.40. The van der Waals surface area contributed by atoms with Gasteiger partial charge in [-0.05, 0) is 43.6 Å². The number of carbonyl (C=O) groups excluding carboxylic acids is 1. The first-order valence-corrected chi connectivity index (χ1v) is 11.0. The summed E-state index contributed by atoms with van der Waals surface area (Å²) in [6.45, 7) is 5.58. The lowest BCUT2D eigenvalue weighted by Gasteiger charge is -2.22. The monoisotopic (exact) mass is 418 g/mol. The van der Waals surface area contributed by atoms with E-state index in [1.165, 1.54) is 6.42 Å². The van der Waals surface area contributed by atoms with Crippen LogP contribution in [0.15, 0.2) is 60.8 Å². The molecule has 1 unspecified atom stereocenters. The average Bonchev–Trinajstić information content (AvgIpc) is 3.45. The van der Waals surface area contributed by atoms with Crippen molar-refractivity contribution in [3.05, 3.63) is 71.9 Å². The summed E-state index contributed by atoms with van der Waals surface area (Å²) in [6, 6.07) is 18.2. The Bertz CT molecular complexity index is 1020. The summed E-state index contributed by atoms with van der Waals surface area (Å²) < 4.78 is 7.22. The van der Waals surface area contributed by atoms with Crippen LogP contribution < -0.4 is 10.1 Å². The van der Waals surface area contributed by atoms with Gasteiger partial charge in [-0.3, -0.25) is 14.4 Å². The standard InChI is InChI=1S/C25H30N4O2/c1-3-28-14-8-12-21(28)16-26-25(30)23-18-29(17-19-9-5-4-6-10-19)27-24(23)20-11-7-13-22(15-20)31-2/h4-7,9-11,13,15,18,21H,3,8,12,14,16-17H2,1-2H3,(H,26,30). The molecule has 1 amide bonds. The molecular weight excluding hydrogens is 388 g/mol. The molecule has 6 nitrogen and oxygen atoms in total. The molecule has 1 aliphatic rings. The van der Waals surface area contributed by atoms with E-state index >= 15 is 0 Å². The maximum Gasteiger partial charge on any atom is 0.255 e. The van der Waals surface area contributed by atoms with Gasteiger partial charge in [0, 0.05) is 24.3 Å². The van der Waals surface area contributed by atoms with Gasteiger partial charge >= 0.3 is 0 Å². The van der Waals surface area contributed by atoms with Crippen LogP contribution in [0.4, 0.5) is 0 Å². The molecule has 0 spiro atoms. The largest absolute Gasteiger partial charge is 0.497 e. The van der Waals surface area contributed by atoms with Crippen LogP contribution in [0.5, 0.6) is 5.75 Å². The van der Waals surface area contributed by atoms with Crippen LogP contribution in [0.25, 0.3) is 11.3 Å². The number of likely N-dealkylation sites (N-methyl/N-ethyl adjacent to an activating group) is 1. The number of hydrogen-bond acceptors (Lipinski definition) is 4. The van der Waals surface area contributed by atoms with E-state index in [2.05, 4.69) is 29.3 Å². The fraction of sp³-hybridized carbons (Fsp3) is 0.360. The van der Waals surface area contributed by atoms with Crippen molar-refractivity contribution in [1.82, 2.24) is 20.0 Å². The summed E-state index contributed by atoms with van der Waals surface area (Å²) in [4.78, 5) is 15.6. The summed E-state index contributed by atoms with van der Waals surface area (Å²) in [5, 5.41) is 7.93. The number of likely N-dealkylation sites (tertiary alicyclic amines) is 1. The van der Waals surface area contributed by atoms with Crippen LogP contribution in [0.2, 0.25) is 0 Å². The molecule has 1 saturated heterocycles. The van der Waals surface area contributed by atoms with Crippen molar-refractivity contribution >= 4 is 5.91 Å². The summed E-state index contributed by atoms with van der Waals surface area (Å²) in [5.41, 5.74) is 3.27. The Balaban J connectivity index is 1.60. The molecule has 3 aromatic rings. The number of amides is 1. The minimum absolute atomic E-state index is 0.0833. The quantitative estimate of drug-likeness (QED) is 0.604. The van der Waals surface area contributed by atoms with Crippen LogP contribution in [0.3, 0.4) is 0 Å². The highest BCUT2D eigenvalue weighted by atomic mass is 16.5. The van der Waals surface area contributed by atoms with Crippen molar-refractivity contribution in [2.45, 2.75) is 32.4 Å². The molecule has 2 aromatic carbocycles. The van der Waals surface area contributed by atoms with Crippen molar-refractivity contribution in [2.75, 3.05) is 26.7 Å². The highest BCUT2D eigenvalue weighted by Crippen LogP contribution is 2.26. The van der Waals surface area contributed by atoms with Gasteiger partial charge in [-0.15, -0.1) is 0 Å². The maximum atomic E-state index is 13.2. The first-order valence-electron chi connectivity index (χ1n) is 11.0. The second-order valence-corrected chi connectivity index (χ2v) is 7.94. The predicted octanol–water partition coefficient (Wildman–Crippen LogP) is 3.82. The Labute approximate surface area is 183 Å². The summed E-state index contributed by atoms with van der Waals surface area (Å²) in [7, 11) is 1.64. The minimum atomic E-state index is -0.0833. The third kappa shape index (κ3) is 4.97. The zero-order valence-corrected chi connectivity index (χ0v) is 18.3. The molecule has 1 aliphatic heterocycles. The van der Waals surface area contributed by atoms with Crippen LogP contribution in [0.1, 0.15) is 35.7 Å². The Kier molecular flexibility index (Phi) is 6.67. The van der Waals surface area contributed by atoms with Gasteiger partial charge in [0.1, 0.15) is 11.4 Å². The summed E-state index contributed by atoms with van der Waals surface area (Å²) >= 11 is 0. The smallest absolute Gasteiger partial charge is 0.255 e. The van der Waals surface area contributed by atoms with E-state index in [9.17, 15) is 4.79 Å². The SMILES string of the molecule is CCN1CCCC1CNC(=O)c1cn(Cc2ccccc2)nc1-c1cccc(OC)c1. The molecule has 31 heavy (non-hydrogen) atoms. The molecule has 0 aliphatic carbocycles. The third-order valence-electron chi connectivity index (χ3n) is 5.94. The molecule has 0 bridgehead atoms. The molecule has 1 fully saturated rings. The zero-order valence-electron chi connectivity index (χ0n) is 18.3. The Hall–Kier alpha value is -3.12. The third-order valence-corrected chi connectivity index (χ3v) is 5.94. The second kappa shape index (κ2) is 9.79. The van der Waals surface area contributed by atoms with Gasteiger partial charge < -0.3 is 10.1 Å². The Morgan fingerprint density at radius 1 is 1.19 bits per heavy atom. The second-order valence-electron chi connectivity index (χ2n) is 7.94. The van der Waals surface area contributed by atoms with Crippen LogP contribution >= 0.6 is 0 Å². The number of nitrogens with one attached hydrogen (secondary N) is 1. The van der Waals surface area contributed by atoms with Crippen LogP contribution in [-0.2, 0) is 6.54 Å². The number of nitrogens with zero attached hydrogens (tertiary/aromatic N) is 3.